The zero-order valence-electron chi connectivity index (χ0n) is 13.9. The minimum atomic E-state index is 0.475. The molecule has 1 aromatic rings. The summed E-state index contributed by atoms with van der Waals surface area (Å²) in [5, 5.41) is 3.81. The number of hydrogen-bond donors (Lipinski definition) is 1. The Hall–Kier alpha value is 0.140. The Morgan fingerprint density at radius 3 is 2.38 bits per heavy atom. The fourth-order valence-electron chi connectivity index (χ4n) is 3.61. The van der Waals surface area contributed by atoms with Crippen LogP contribution in [0, 0.1) is 17.3 Å². The van der Waals surface area contributed by atoms with Gasteiger partial charge in [0, 0.05) is 10.9 Å². The average Bonchev–Trinajstić information content (AvgIpc) is 2.85. The highest BCUT2D eigenvalue weighted by atomic mass is 79.9. The van der Waals surface area contributed by atoms with Crippen LogP contribution >= 0.6 is 27.3 Å². The molecule has 1 fully saturated rings. The van der Waals surface area contributed by atoms with Crippen LogP contribution < -0.4 is 5.32 Å². The molecule has 0 aliphatic heterocycles. The Labute approximate surface area is 143 Å². The Balaban J connectivity index is 2.02. The Morgan fingerprint density at radius 1 is 1.24 bits per heavy atom. The summed E-state index contributed by atoms with van der Waals surface area (Å²) in [6.07, 6.45) is 6.74. The second kappa shape index (κ2) is 7.61. The predicted molar refractivity (Wildman–Crippen MR) is 98.0 cm³/mol. The molecule has 1 aromatic heterocycles. The normalized spacial score (nSPS) is 25.0. The fraction of sp³-hybridized carbons (Fsp3) is 0.778. The first-order valence-electron chi connectivity index (χ1n) is 8.40. The molecule has 3 heteroatoms. The van der Waals surface area contributed by atoms with Crippen LogP contribution in [0.15, 0.2) is 15.9 Å². The smallest absolute Gasteiger partial charge is 0.0701 e. The molecule has 0 saturated heterocycles. The van der Waals surface area contributed by atoms with Gasteiger partial charge in [0.05, 0.1) is 3.79 Å². The van der Waals surface area contributed by atoms with Gasteiger partial charge >= 0.3 is 0 Å². The van der Waals surface area contributed by atoms with Crippen molar-refractivity contribution < 1.29 is 0 Å². The summed E-state index contributed by atoms with van der Waals surface area (Å²) in [5.74, 6) is 1.70. The Bertz CT molecular complexity index is 427. The monoisotopic (exact) mass is 371 g/mol. The maximum absolute atomic E-state index is 3.81. The fourth-order valence-corrected chi connectivity index (χ4v) is 5.21. The minimum absolute atomic E-state index is 0.475. The lowest BCUT2D eigenvalue weighted by molar-refractivity contribution is 0.133. The van der Waals surface area contributed by atoms with Crippen LogP contribution in [0.25, 0.3) is 0 Å². The van der Waals surface area contributed by atoms with Crippen molar-refractivity contribution in [2.75, 3.05) is 6.54 Å². The summed E-state index contributed by atoms with van der Waals surface area (Å²) in [5.41, 5.74) is 0.475. The van der Waals surface area contributed by atoms with Crippen molar-refractivity contribution in [2.24, 2.45) is 17.3 Å². The van der Waals surface area contributed by atoms with Crippen molar-refractivity contribution in [2.45, 2.75) is 65.8 Å². The van der Waals surface area contributed by atoms with Gasteiger partial charge in [-0.3, -0.25) is 0 Å². The molecule has 1 atom stereocenters. The van der Waals surface area contributed by atoms with Crippen molar-refractivity contribution in [1.29, 1.82) is 0 Å². The molecule has 1 N–H and O–H groups in total. The molecular formula is C18H30BrNS. The third kappa shape index (κ3) is 4.80. The van der Waals surface area contributed by atoms with Crippen LogP contribution in [-0.2, 0) is 0 Å². The second-order valence-corrected chi connectivity index (χ2v) is 10.0. The maximum atomic E-state index is 3.81. The van der Waals surface area contributed by atoms with E-state index in [4.69, 9.17) is 0 Å². The Kier molecular flexibility index (Phi) is 6.34. The quantitative estimate of drug-likeness (QED) is 0.630. The lowest BCUT2D eigenvalue weighted by atomic mass is 9.68. The molecule has 0 radical (unpaired) electrons. The first-order valence-corrected chi connectivity index (χ1v) is 10.0. The maximum Gasteiger partial charge on any atom is 0.0701 e. The summed E-state index contributed by atoms with van der Waals surface area (Å²) < 4.78 is 1.25. The van der Waals surface area contributed by atoms with Gasteiger partial charge in [0.25, 0.3) is 0 Å². The van der Waals surface area contributed by atoms with Gasteiger partial charge in [0.1, 0.15) is 0 Å². The number of hydrogen-bond acceptors (Lipinski definition) is 2. The van der Waals surface area contributed by atoms with E-state index in [1.165, 1.54) is 40.8 Å². The van der Waals surface area contributed by atoms with Gasteiger partial charge in [-0.1, -0.05) is 27.7 Å². The van der Waals surface area contributed by atoms with E-state index in [9.17, 15) is 0 Å². The molecule has 0 aromatic carbocycles. The van der Waals surface area contributed by atoms with Crippen molar-refractivity contribution in [3.05, 3.63) is 20.8 Å². The molecule has 1 aliphatic carbocycles. The van der Waals surface area contributed by atoms with Gasteiger partial charge in [0.2, 0.25) is 0 Å². The van der Waals surface area contributed by atoms with E-state index in [0.717, 1.165) is 18.4 Å². The largest absolute Gasteiger partial charge is 0.309 e. The summed E-state index contributed by atoms with van der Waals surface area (Å²) >= 11 is 5.52. The van der Waals surface area contributed by atoms with E-state index < -0.39 is 0 Å². The van der Waals surface area contributed by atoms with E-state index in [1.807, 2.05) is 11.3 Å². The number of halogens is 1. The third-order valence-electron chi connectivity index (χ3n) is 4.98. The van der Waals surface area contributed by atoms with Crippen molar-refractivity contribution >= 4 is 27.3 Å². The zero-order chi connectivity index (χ0) is 15.5. The van der Waals surface area contributed by atoms with Gasteiger partial charge in [0.15, 0.2) is 0 Å². The molecule has 1 nitrogen and oxygen atoms in total. The summed E-state index contributed by atoms with van der Waals surface area (Å²) in [6.45, 7) is 10.6. The third-order valence-corrected chi connectivity index (χ3v) is 6.69. The van der Waals surface area contributed by atoms with E-state index >= 15 is 0 Å². The standard InChI is InChI=1S/C18H30BrNS/c1-5-12-20-17(15-10-11-16(19)21-15)13-6-8-14(9-7-13)18(2,3)4/h10-11,13-14,17,20H,5-9,12H2,1-4H3. The van der Waals surface area contributed by atoms with Crippen LogP contribution in [-0.4, -0.2) is 6.54 Å². The first-order chi connectivity index (χ1) is 9.91. The second-order valence-electron chi connectivity index (χ2n) is 7.55. The van der Waals surface area contributed by atoms with Crippen molar-refractivity contribution in [3.63, 3.8) is 0 Å². The highest BCUT2D eigenvalue weighted by Gasteiger charge is 2.33. The van der Waals surface area contributed by atoms with Crippen molar-refractivity contribution in [3.8, 4) is 0 Å². The van der Waals surface area contributed by atoms with E-state index in [2.05, 4.69) is 61.1 Å². The topological polar surface area (TPSA) is 12.0 Å². The molecule has 1 aliphatic rings. The van der Waals surface area contributed by atoms with Crippen LogP contribution in [0.5, 0.6) is 0 Å². The molecule has 1 unspecified atom stereocenters. The number of thiophene rings is 1. The molecule has 1 saturated carbocycles. The lowest BCUT2D eigenvalue weighted by Gasteiger charge is -2.39. The molecule has 2 rings (SSSR count). The van der Waals surface area contributed by atoms with Crippen molar-refractivity contribution in [1.82, 2.24) is 5.32 Å². The molecule has 21 heavy (non-hydrogen) atoms. The predicted octanol–water partition coefficient (Wildman–Crippen LogP) is 6.40. The molecule has 1 heterocycles. The highest BCUT2D eigenvalue weighted by Crippen LogP contribution is 2.44. The van der Waals surface area contributed by atoms with Gasteiger partial charge in [-0.05, 0) is 84.0 Å². The van der Waals surface area contributed by atoms with Crippen LogP contribution in [0.2, 0.25) is 0 Å². The Morgan fingerprint density at radius 2 is 1.90 bits per heavy atom. The molecule has 0 amide bonds. The molecule has 0 spiro atoms. The van der Waals surface area contributed by atoms with Gasteiger partial charge in [-0.15, -0.1) is 11.3 Å². The van der Waals surface area contributed by atoms with Crippen LogP contribution in [0.1, 0.15) is 70.7 Å². The number of rotatable bonds is 5. The van der Waals surface area contributed by atoms with Gasteiger partial charge in [-0.2, -0.15) is 0 Å². The summed E-state index contributed by atoms with van der Waals surface area (Å²) in [4.78, 5) is 1.51. The average molecular weight is 372 g/mol. The van der Waals surface area contributed by atoms with Gasteiger partial charge in [-0.25, -0.2) is 0 Å². The molecule has 0 bridgehead atoms. The van der Waals surface area contributed by atoms with Crippen LogP contribution in [0.3, 0.4) is 0 Å². The number of nitrogens with one attached hydrogen (secondary N) is 1. The molecular weight excluding hydrogens is 342 g/mol. The first kappa shape index (κ1) is 17.5. The van der Waals surface area contributed by atoms with Gasteiger partial charge < -0.3 is 5.32 Å². The minimum Gasteiger partial charge on any atom is -0.309 e. The van der Waals surface area contributed by atoms with E-state index in [0.29, 0.717) is 11.5 Å². The van der Waals surface area contributed by atoms with Crippen LogP contribution in [0.4, 0.5) is 0 Å². The summed E-state index contributed by atoms with van der Waals surface area (Å²) in [6, 6.07) is 5.06. The lowest BCUT2D eigenvalue weighted by Crippen LogP contribution is -2.33. The zero-order valence-corrected chi connectivity index (χ0v) is 16.3. The summed E-state index contributed by atoms with van der Waals surface area (Å²) in [7, 11) is 0. The SMILES string of the molecule is CCCNC(c1ccc(Br)s1)C1CCC(C(C)(C)C)CC1. The highest BCUT2D eigenvalue weighted by molar-refractivity contribution is 9.11. The van der Waals surface area contributed by atoms with E-state index in [-0.39, 0.29) is 0 Å². The van der Waals surface area contributed by atoms with E-state index in [1.54, 1.807) is 0 Å². The molecule has 120 valence electrons.